The van der Waals surface area contributed by atoms with Crippen molar-refractivity contribution in [2.75, 3.05) is 5.73 Å². The largest absolute Gasteiger partial charge is 0.449 e. The predicted octanol–water partition coefficient (Wildman–Crippen LogP) is 1.35. The lowest BCUT2D eigenvalue weighted by Crippen LogP contribution is -2.36. The maximum Gasteiger partial charge on any atom is 0.322 e. The second-order valence-electron chi connectivity index (χ2n) is 5.23. The van der Waals surface area contributed by atoms with Crippen molar-refractivity contribution in [1.82, 2.24) is 10.6 Å². The molecular weight excluding hydrogens is 372 g/mol. The molecule has 0 aliphatic carbocycles. The number of para-hydroxylation sites is 3. The SMILES string of the molecule is Nc1no[n+]([O-])c1C(=O)N/N=C\c1ccccc1Oc1ccccc1[N+](=O)[O-]. The van der Waals surface area contributed by atoms with Gasteiger partial charge in [0.15, 0.2) is 0 Å². The fourth-order valence-electron chi connectivity index (χ4n) is 2.16. The lowest BCUT2D eigenvalue weighted by molar-refractivity contribution is -0.803. The number of hydrogen-bond acceptors (Lipinski definition) is 9. The topological polar surface area (TPSA) is 173 Å². The zero-order chi connectivity index (χ0) is 20.1. The van der Waals surface area contributed by atoms with Gasteiger partial charge in [0.25, 0.3) is 0 Å². The summed E-state index contributed by atoms with van der Waals surface area (Å²) in [6.07, 6.45) is 1.24. The number of nitrogens with one attached hydrogen (secondary N) is 1. The third kappa shape index (κ3) is 3.85. The van der Waals surface area contributed by atoms with E-state index in [-0.39, 0.29) is 27.9 Å². The van der Waals surface area contributed by atoms with Gasteiger partial charge in [0, 0.05) is 11.6 Å². The van der Waals surface area contributed by atoms with E-state index < -0.39 is 16.5 Å². The molecule has 0 radical (unpaired) electrons. The Labute approximate surface area is 156 Å². The molecule has 0 atom stereocenters. The zero-order valence-electron chi connectivity index (χ0n) is 14.0. The summed E-state index contributed by atoms with van der Waals surface area (Å²) in [6.45, 7) is 0. The molecule has 0 unspecified atom stereocenters. The number of nitro benzene ring substituents is 1. The van der Waals surface area contributed by atoms with Crippen LogP contribution in [0.25, 0.3) is 0 Å². The fraction of sp³-hybridized carbons (Fsp3) is 0. The number of amides is 1. The van der Waals surface area contributed by atoms with Crippen molar-refractivity contribution in [3.05, 3.63) is 75.1 Å². The van der Waals surface area contributed by atoms with Crippen LogP contribution >= 0.6 is 0 Å². The summed E-state index contributed by atoms with van der Waals surface area (Å²) >= 11 is 0. The summed E-state index contributed by atoms with van der Waals surface area (Å²) in [5.74, 6) is -1.01. The molecule has 0 saturated carbocycles. The number of carbonyl (C=O) groups is 1. The molecule has 2 aromatic carbocycles. The number of nitrogens with two attached hydrogens (primary N) is 1. The van der Waals surface area contributed by atoms with Gasteiger partial charge in [0.1, 0.15) is 5.75 Å². The maximum atomic E-state index is 11.9. The number of ether oxygens (including phenoxy) is 1. The van der Waals surface area contributed by atoms with Crippen molar-refractivity contribution in [2.24, 2.45) is 5.10 Å². The van der Waals surface area contributed by atoms with Crippen LogP contribution in [0.1, 0.15) is 16.1 Å². The molecule has 3 rings (SSSR count). The van der Waals surface area contributed by atoms with Crippen molar-refractivity contribution in [3.8, 4) is 11.5 Å². The van der Waals surface area contributed by atoms with Gasteiger partial charge in [-0.15, -0.1) is 0 Å². The standard InChI is InChI=1S/C16H12N6O6/c17-15-14(22(26)28-20-15)16(23)19-18-9-10-5-1-3-7-12(10)27-13-8-4-2-6-11(13)21(24)25/h1-9H,(H2,17,20)(H,19,23)/b18-9-. The number of nitrogen functional groups attached to an aromatic ring is 1. The highest BCUT2D eigenvalue weighted by Gasteiger charge is 2.24. The monoisotopic (exact) mass is 384 g/mol. The minimum absolute atomic E-state index is 0.0435. The van der Waals surface area contributed by atoms with E-state index in [0.29, 0.717) is 5.56 Å². The molecule has 12 nitrogen and oxygen atoms in total. The second kappa shape index (κ2) is 7.82. The van der Waals surface area contributed by atoms with E-state index >= 15 is 0 Å². The summed E-state index contributed by atoms with van der Waals surface area (Å²) in [6, 6.07) is 12.4. The van der Waals surface area contributed by atoms with Gasteiger partial charge in [0.05, 0.1) is 16.3 Å². The average Bonchev–Trinajstić information content (AvgIpc) is 3.01. The number of anilines is 1. The second-order valence-corrected chi connectivity index (χ2v) is 5.23. The summed E-state index contributed by atoms with van der Waals surface area (Å²) in [5, 5.41) is 29.3. The van der Waals surface area contributed by atoms with E-state index in [0.717, 1.165) is 0 Å². The molecule has 1 heterocycles. The van der Waals surface area contributed by atoms with Gasteiger partial charge in [-0.05, 0) is 23.1 Å². The van der Waals surface area contributed by atoms with Crippen molar-refractivity contribution < 1.29 is 24.0 Å². The van der Waals surface area contributed by atoms with E-state index in [4.69, 9.17) is 10.5 Å². The molecule has 0 spiro atoms. The molecule has 0 saturated heterocycles. The first-order valence-electron chi connectivity index (χ1n) is 7.66. The quantitative estimate of drug-likeness (QED) is 0.277. The molecule has 0 aliphatic rings. The summed E-state index contributed by atoms with van der Waals surface area (Å²) in [5.41, 5.74) is 7.13. The Kier molecular flexibility index (Phi) is 5.12. The highest BCUT2D eigenvalue weighted by atomic mass is 16.8. The van der Waals surface area contributed by atoms with Crippen LogP contribution < -0.4 is 20.8 Å². The van der Waals surface area contributed by atoms with Crippen LogP contribution in [0, 0.1) is 15.3 Å². The number of hydrogen-bond donors (Lipinski definition) is 2. The first-order valence-corrected chi connectivity index (χ1v) is 7.66. The van der Waals surface area contributed by atoms with E-state index in [1.807, 2.05) is 0 Å². The van der Waals surface area contributed by atoms with Gasteiger partial charge in [-0.2, -0.15) is 5.10 Å². The van der Waals surface area contributed by atoms with Crippen molar-refractivity contribution >= 4 is 23.6 Å². The van der Waals surface area contributed by atoms with Gasteiger partial charge < -0.3 is 15.7 Å². The number of carbonyl (C=O) groups excluding carboxylic acids is 1. The highest BCUT2D eigenvalue weighted by molar-refractivity contribution is 5.95. The number of benzene rings is 2. The Hall–Kier alpha value is -4.48. The number of hydrazone groups is 1. The molecule has 1 aromatic heterocycles. The Bertz CT molecular complexity index is 1040. The average molecular weight is 384 g/mol. The number of rotatable bonds is 6. The molecule has 0 fully saturated rings. The summed E-state index contributed by atoms with van der Waals surface area (Å²) in [4.78, 5) is 22.3. The van der Waals surface area contributed by atoms with E-state index in [1.165, 1.54) is 24.4 Å². The molecule has 0 bridgehead atoms. The minimum Gasteiger partial charge on any atom is -0.449 e. The Morgan fingerprint density at radius 2 is 1.93 bits per heavy atom. The van der Waals surface area contributed by atoms with Gasteiger partial charge in [-0.3, -0.25) is 19.5 Å². The first kappa shape index (κ1) is 18.3. The third-order valence-corrected chi connectivity index (χ3v) is 3.42. The third-order valence-electron chi connectivity index (χ3n) is 3.42. The number of nitro groups is 1. The van der Waals surface area contributed by atoms with Gasteiger partial charge >= 0.3 is 23.1 Å². The lowest BCUT2D eigenvalue weighted by Gasteiger charge is -2.08. The maximum absolute atomic E-state index is 11.9. The van der Waals surface area contributed by atoms with Crippen LogP contribution in [0.5, 0.6) is 11.5 Å². The molecular formula is C16H12N6O6. The fourth-order valence-corrected chi connectivity index (χ4v) is 2.16. The molecule has 3 N–H and O–H groups in total. The first-order chi connectivity index (χ1) is 13.5. The number of aromatic nitrogens is 2. The van der Waals surface area contributed by atoms with Crippen LogP contribution in [-0.2, 0) is 0 Å². The van der Waals surface area contributed by atoms with Gasteiger partial charge in [-0.1, -0.05) is 24.3 Å². The molecule has 0 aliphatic heterocycles. The van der Waals surface area contributed by atoms with Crippen molar-refractivity contribution in [2.45, 2.75) is 0 Å². The van der Waals surface area contributed by atoms with Crippen molar-refractivity contribution in [3.63, 3.8) is 0 Å². The van der Waals surface area contributed by atoms with E-state index in [9.17, 15) is 20.1 Å². The van der Waals surface area contributed by atoms with Crippen molar-refractivity contribution in [1.29, 1.82) is 0 Å². The van der Waals surface area contributed by atoms with E-state index in [1.54, 1.807) is 30.3 Å². The van der Waals surface area contributed by atoms with Crippen LogP contribution in [0.4, 0.5) is 11.5 Å². The Morgan fingerprint density at radius 3 is 2.61 bits per heavy atom. The smallest absolute Gasteiger partial charge is 0.322 e. The normalized spacial score (nSPS) is 10.7. The predicted molar refractivity (Wildman–Crippen MR) is 94.5 cm³/mol. The molecule has 142 valence electrons. The van der Waals surface area contributed by atoms with Gasteiger partial charge in [0.2, 0.25) is 5.75 Å². The molecule has 1 amide bonds. The lowest BCUT2D eigenvalue weighted by atomic mass is 10.2. The minimum atomic E-state index is -0.929. The van der Waals surface area contributed by atoms with Gasteiger partial charge in [-0.25, -0.2) is 5.43 Å². The molecule has 12 heteroatoms. The Morgan fingerprint density at radius 1 is 1.25 bits per heavy atom. The molecule has 3 aromatic rings. The Balaban J connectivity index is 1.79. The zero-order valence-corrected chi connectivity index (χ0v) is 14.0. The van der Waals surface area contributed by atoms with Crippen LogP contribution in [-0.4, -0.2) is 22.2 Å². The summed E-state index contributed by atoms with van der Waals surface area (Å²) < 4.78 is 9.82. The number of nitrogens with zero attached hydrogens (tertiary/aromatic N) is 4. The highest BCUT2D eigenvalue weighted by Crippen LogP contribution is 2.31. The van der Waals surface area contributed by atoms with Crippen LogP contribution in [0.15, 0.2) is 58.3 Å². The van der Waals surface area contributed by atoms with E-state index in [2.05, 4.69) is 20.3 Å². The molecule has 28 heavy (non-hydrogen) atoms. The van der Waals surface area contributed by atoms with Crippen LogP contribution in [0.2, 0.25) is 0 Å². The summed E-state index contributed by atoms with van der Waals surface area (Å²) in [7, 11) is 0. The van der Waals surface area contributed by atoms with Crippen LogP contribution in [0.3, 0.4) is 0 Å².